The van der Waals surface area contributed by atoms with Crippen molar-refractivity contribution in [2.45, 2.75) is 51.2 Å². The highest BCUT2D eigenvalue weighted by Gasteiger charge is 2.43. The average Bonchev–Trinajstić information content (AvgIpc) is 3.58. The van der Waals surface area contributed by atoms with E-state index in [9.17, 15) is 9.59 Å². The number of carbonyl (C=O) groups excluding carboxylic acids is 2. The molecule has 5 nitrogen and oxygen atoms in total. The number of nitrogens with zero attached hydrogens (tertiary/aromatic N) is 1. The summed E-state index contributed by atoms with van der Waals surface area (Å²) in [7, 11) is 0. The van der Waals surface area contributed by atoms with E-state index < -0.39 is 0 Å². The first-order valence-corrected chi connectivity index (χ1v) is 9.96. The molecule has 140 valence electrons. The minimum atomic E-state index is -0.276. The molecule has 1 aliphatic heterocycles. The fourth-order valence-electron chi connectivity index (χ4n) is 3.95. The summed E-state index contributed by atoms with van der Waals surface area (Å²) < 4.78 is 5.39. The first-order chi connectivity index (χ1) is 12.7. The molecule has 1 heterocycles. The molecule has 1 saturated heterocycles. The number of carbonyl (C=O) groups is 2. The van der Waals surface area contributed by atoms with Gasteiger partial charge in [-0.25, -0.2) is 4.79 Å². The van der Waals surface area contributed by atoms with Crippen molar-refractivity contribution in [2.75, 3.05) is 13.1 Å². The van der Waals surface area contributed by atoms with Crippen LogP contribution in [0.15, 0.2) is 30.3 Å². The number of amides is 2. The largest absolute Gasteiger partial charge is 0.445 e. The molecule has 2 amide bonds. The van der Waals surface area contributed by atoms with Crippen LogP contribution in [0, 0.1) is 17.8 Å². The van der Waals surface area contributed by atoms with Crippen LogP contribution in [0.25, 0.3) is 0 Å². The highest BCUT2D eigenvalue weighted by Crippen LogP contribution is 2.44. The third-order valence-electron chi connectivity index (χ3n) is 5.90. The van der Waals surface area contributed by atoms with Crippen molar-refractivity contribution in [3.63, 3.8) is 0 Å². The summed E-state index contributed by atoms with van der Waals surface area (Å²) in [5, 5.41) is 3.33. The van der Waals surface area contributed by atoms with Crippen LogP contribution in [0.2, 0.25) is 0 Å². The lowest BCUT2D eigenvalue weighted by molar-refractivity contribution is -0.127. The minimum absolute atomic E-state index is 0.0353. The lowest BCUT2D eigenvalue weighted by atomic mass is 9.95. The van der Waals surface area contributed by atoms with Crippen LogP contribution in [0.3, 0.4) is 0 Å². The number of rotatable bonds is 6. The Morgan fingerprint density at radius 3 is 2.19 bits per heavy atom. The van der Waals surface area contributed by atoms with Crippen molar-refractivity contribution in [3.8, 4) is 0 Å². The van der Waals surface area contributed by atoms with Crippen LogP contribution in [-0.4, -0.2) is 36.0 Å². The molecular formula is C21H28N2O3. The summed E-state index contributed by atoms with van der Waals surface area (Å²) in [4.78, 5) is 26.6. The van der Waals surface area contributed by atoms with Gasteiger partial charge in [-0.2, -0.15) is 0 Å². The van der Waals surface area contributed by atoms with Crippen LogP contribution in [-0.2, 0) is 16.1 Å². The summed E-state index contributed by atoms with van der Waals surface area (Å²) in [6.07, 6.45) is 6.27. The Kier molecular flexibility index (Phi) is 5.14. The van der Waals surface area contributed by atoms with Gasteiger partial charge in [0.1, 0.15) is 6.61 Å². The SMILES string of the molecule is O=C(NC(C1CC1)C1CC1)C1CCN(C(=O)OCc2ccccc2)CC1. The van der Waals surface area contributed by atoms with E-state index >= 15 is 0 Å². The predicted octanol–water partition coefficient (Wildman–Crippen LogP) is 3.34. The van der Waals surface area contributed by atoms with E-state index in [0.29, 0.717) is 25.7 Å². The van der Waals surface area contributed by atoms with Crippen molar-refractivity contribution in [3.05, 3.63) is 35.9 Å². The van der Waals surface area contributed by atoms with Crippen LogP contribution in [0.5, 0.6) is 0 Å². The van der Waals surface area contributed by atoms with Gasteiger partial charge < -0.3 is 15.0 Å². The lowest BCUT2D eigenvalue weighted by Gasteiger charge is -2.31. The maximum absolute atomic E-state index is 12.6. The molecule has 2 aliphatic carbocycles. The fraction of sp³-hybridized carbons (Fsp3) is 0.619. The van der Waals surface area contributed by atoms with Crippen LogP contribution in [0.4, 0.5) is 4.79 Å². The van der Waals surface area contributed by atoms with Gasteiger partial charge in [-0.05, 0) is 55.9 Å². The first-order valence-electron chi connectivity index (χ1n) is 9.96. The van der Waals surface area contributed by atoms with Gasteiger partial charge in [0.2, 0.25) is 5.91 Å². The van der Waals surface area contributed by atoms with Crippen LogP contribution >= 0.6 is 0 Å². The number of ether oxygens (including phenoxy) is 1. The third-order valence-corrected chi connectivity index (χ3v) is 5.90. The second-order valence-electron chi connectivity index (χ2n) is 8.01. The predicted molar refractivity (Wildman–Crippen MR) is 98.3 cm³/mol. The lowest BCUT2D eigenvalue weighted by Crippen LogP contribution is -2.46. The highest BCUT2D eigenvalue weighted by molar-refractivity contribution is 5.79. The summed E-state index contributed by atoms with van der Waals surface area (Å²) in [5.41, 5.74) is 0.987. The Labute approximate surface area is 155 Å². The van der Waals surface area contributed by atoms with Gasteiger partial charge in [0.25, 0.3) is 0 Å². The number of piperidine rings is 1. The molecule has 0 bridgehead atoms. The van der Waals surface area contributed by atoms with Gasteiger partial charge in [-0.1, -0.05) is 30.3 Å². The first kappa shape index (κ1) is 17.4. The summed E-state index contributed by atoms with van der Waals surface area (Å²) in [6, 6.07) is 10.1. The molecule has 0 spiro atoms. The summed E-state index contributed by atoms with van der Waals surface area (Å²) in [6.45, 7) is 1.50. The minimum Gasteiger partial charge on any atom is -0.445 e. The van der Waals surface area contributed by atoms with Crippen LogP contribution < -0.4 is 5.32 Å². The van der Waals surface area contributed by atoms with E-state index in [4.69, 9.17) is 4.74 Å². The summed E-state index contributed by atoms with van der Waals surface area (Å²) in [5.74, 6) is 1.68. The van der Waals surface area contributed by atoms with Gasteiger partial charge in [-0.15, -0.1) is 0 Å². The number of benzene rings is 1. The van der Waals surface area contributed by atoms with Crippen LogP contribution in [0.1, 0.15) is 44.1 Å². The average molecular weight is 356 g/mol. The van der Waals surface area contributed by atoms with Crippen molar-refractivity contribution >= 4 is 12.0 Å². The highest BCUT2D eigenvalue weighted by atomic mass is 16.6. The van der Waals surface area contributed by atoms with Gasteiger partial charge in [0.15, 0.2) is 0 Å². The smallest absolute Gasteiger partial charge is 0.410 e. The van der Waals surface area contributed by atoms with Crippen molar-refractivity contribution in [1.29, 1.82) is 0 Å². The molecule has 0 aromatic heterocycles. The quantitative estimate of drug-likeness (QED) is 0.850. The maximum atomic E-state index is 12.6. The molecule has 1 aromatic carbocycles. The number of nitrogens with one attached hydrogen (secondary N) is 1. The number of hydrogen-bond donors (Lipinski definition) is 1. The Balaban J connectivity index is 1.20. The van der Waals surface area contributed by atoms with Crippen molar-refractivity contribution in [1.82, 2.24) is 10.2 Å². The third kappa shape index (κ3) is 4.37. The molecule has 26 heavy (non-hydrogen) atoms. The zero-order valence-electron chi connectivity index (χ0n) is 15.2. The maximum Gasteiger partial charge on any atom is 0.410 e. The van der Waals surface area contributed by atoms with Gasteiger partial charge in [0.05, 0.1) is 0 Å². The van der Waals surface area contributed by atoms with E-state index in [1.807, 2.05) is 30.3 Å². The van der Waals surface area contributed by atoms with Gasteiger partial charge in [-0.3, -0.25) is 4.79 Å². The molecule has 1 N–H and O–H groups in total. The normalized spacial score (nSPS) is 20.9. The zero-order chi connectivity index (χ0) is 17.9. The van der Waals surface area contributed by atoms with E-state index in [1.165, 1.54) is 25.7 Å². The second-order valence-corrected chi connectivity index (χ2v) is 8.01. The molecule has 3 aliphatic rings. The van der Waals surface area contributed by atoms with Crippen molar-refractivity contribution < 1.29 is 14.3 Å². The molecule has 3 fully saturated rings. The van der Waals surface area contributed by atoms with E-state index in [0.717, 1.165) is 30.2 Å². The summed E-state index contributed by atoms with van der Waals surface area (Å²) >= 11 is 0. The Morgan fingerprint density at radius 2 is 1.62 bits per heavy atom. The molecule has 5 heteroatoms. The Bertz CT molecular complexity index is 620. The Hall–Kier alpha value is -2.04. The monoisotopic (exact) mass is 356 g/mol. The van der Waals surface area contributed by atoms with E-state index in [1.54, 1.807) is 4.90 Å². The number of likely N-dealkylation sites (tertiary alicyclic amines) is 1. The molecule has 0 atom stereocenters. The molecule has 0 unspecified atom stereocenters. The van der Waals surface area contributed by atoms with E-state index in [2.05, 4.69) is 5.32 Å². The molecule has 1 aromatic rings. The topological polar surface area (TPSA) is 58.6 Å². The molecular weight excluding hydrogens is 328 g/mol. The molecule has 0 radical (unpaired) electrons. The molecule has 4 rings (SSSR count). The number of hydrogen-bond acceptors (Lipinski definition) is 3. The standard InChI is InChI=1S/C21H28N2O3/c24-20(22-19(16-6-7-16)17-8-9-17)18-10-12-23(13-11-18)21(25)26-14-15-4-2-1-3-5-15/h1-5,16-19H,6-14H2,(H,22,24). The molecule has 2 saturated carbocycles. The zero-order valence-corrected chi connectivity index (χ0v) is 15.2. The van der Waals surface area contributed by atoms with E-state index in [-0.39, 0.29) is 17.9 Å². The van der Waals surface area contributed by atoms with Crippen molar-refractivity contribution in [2.24, 2.45) is 17.8 Å². The van der Waals surface area contributed by atoms with Gasteiger partial charge >= 0.3 is 6.09 Å². The second kappa shape index (κ2) is 7.68. The fourth-order valence-corrected chi connectivity index (χ4v) is 3.95. The van der Waals surface area contributed by atoms with Gasteiger partial charge in [0, 0.05) is 25.0 Å². The Morgan fingerprint density at radius 1 is 1.00 bits per heavy atom.